The molecule has 0 spiro atoms. The van der Waals surface area contributed by atoms with E-state index in [1.807, 2.05) is 0 Å². The number of unbranched alkanes of at least 4 members (excludes halogenated alkanes) is 36. The van der Waals surface area contributed by atoms with Crippen LogP contribution in [0.5, 0.6) is 0 Å². The monoisotopic (exact) mass is 863 g/mol. The van der Waals surface area contributed by atoms with Crippen molar-refractivity contribution >= 4 is 32.6 Å². The molecule has 0 aromatic heterocycles. The molecule has 2 atom stereocenters. The van der Waals surface area contributed by atoms with Gasteiger partial charge < -0.3 is 0 Å². The zero-order valence-corrected chi connectivity index (χ0v) is 40.5. The predicted octanol–water partition coefficient (Wildman–Crippen LogP) is 20.3. The summed E-state index contributed by atoms with van der Waals surface area (Å²) in [5, 5.41) is 0. The summed E-state index contributed by atoms with van der Waals surface area (Å²) in [7, 11) is 1.25. The van der Waals surface area contributed by atoms with Crippen molar-refractivity contribution in [3.63, 3.8) is 0 Å². The molecule has 0 heterocycles. The van der Waals surface area contributed by atoms with Crippen molar-refractivity contribution in [1.82, 2.24) is 0 Å². The van der Waals surface area contributed by atoms with Crippen LogP contribution in [0.1, 0.15) is 310 Å². The van der Waals surface area contributed by atoms with Gasteiger partial charge in [0.1, 0.15) is 0 Å². The lowest BCUT2D eigenvalue weighted by molar-refractivity contribution is 0.517. The normalized spacial score (nSPS) is 12.9. The Hall–Kier alpha value is 1.16. The molecule has 52 heavy (non-hydrogen) atoms. The molecule has 316 valence electrons. The van der Waals surface area contributed by atoms with Crippen molar-refractivity contribution in [2.45, 2.75) is 322 Å². The average molecular weight is 863 g/mol. The van der Waals surface area contributed by atoms with Crippen LogP contribution in [-0.2, 0) is 0 Å². The lowest BCUT2D eigenvalue weighted by Gasteiger charge is -2.24. The van der Waals surface area contributed by atoms with E-state index >= 15 is 0 Å². The average Bonchev–Trinajstić information content (AvgIpc) is 3.13. The van der Waals surface area contributed by atoms with Crippen LogP contribution in [0.2, 0.25) is 0 Å². The quantitative estimate of drug-likeness (QED) is 0.0325. The van der Waals surface area contributed by atoms with Gasteiger partial charge in [-0.05, 0) is 37.0 Å². The first-order valence-electron chi connectivity index (χ1n) is 25.0. The van der Waals surface area contributed by atoms with Crippen molar-refractivity contribution < 1.29 is 0 Å². The smallest absolute Gasteiger partial charge is 0.0234 e. The summed E-state index contributed by atoms with van der Waals surface area (Å²) in [4.78, 5) is 0. The molecule has 0 radical (unpaired) electrons. The Kier molecular flexibility index (Phi) is 53.3. The Bertz CT molecular complexity index is 543. The van der Waals surface area contributed by atoms with Gasteiger partial charge in [0.05, 0.1) is 0 Å². The van der Waals surface area contributed by atoms with Gasteiger partial charge in [0.2, 0.25) is 0 Å². The molecule has 0 saturated carbocycles. The molecule has 0 amide bonds. The summed E-state index contributed by atoms with van der Waals surface area (Å²) in [6.45, 7) is 9.49. The molecule has 0 nitrogen and oxygen atoms in total. The SMILES string of the molecule is CCCCCCCCCCCCCCCCCCCCCC(CCC)PC(CCC)CCCCCCCCCCCCCCCCCCCCC.I. The van der Waals surface area contributed by atoms with Crippen LogP contribution in [0.4, 0.5) is 0 Å². The standard InChI is InChI=1S/C50H103P.HI/c1-5-9-11-13-15-17-19-21-23-25-27-29-31-33-35-37-39-41-43-47-49(45-7-3)51-50(46-8-4)48-44-42-40-38-36-34-32-30-28-26-24-22-20-18-16-14-12-10-6-2;/h49-51H,5-48H2,1-4H3;1H. The lowest BCUT2D eigenvalue weighted by atomic mass is 10.0. The van der Waals surface area contributed by atoms with Gasteiger partial charge in [-0.3, -0.25) is 0 Å². The van der Waals surface area contributed by atoms with Gasteiger partial charge in [-0.25, -0.2) is 0 Å². The second kappa shape index (κ2) is 50.2. The molecule has 2 unspecified atom stereocenters. The first-order chi connectivity index (χ1) is 25.3. The molecule has 0 aliphatic carbocycles. The maximum Gasteiger partial charge on any atom is -0.0234 e. The van der Waals surface area contributed by atoms with E-state index in [4.69, 9.17) is 0 Å². The summed E-state index contributed by atoms with van der Waals surface area (Å²) in [5.74, 6) is 0. The summed E-state index contributed by atoms with van der Waals surface area (Å²) in [6, 6.07) is 0. The minimum Gasteiger partial charge on any atom is -0.116 e. The Morgan fingerprint density at radius 3 is 0.558 bits per heavy atom. The third-order valence-electron chi connectivity index (χ3n) is 12.1. The summed E-state index contributed by atoms with van der Waals surface area (Å²) in [5.41, 5.74) is 2.08. The van der Waals surface area contributed by atoms with Crippen molar-refractivity contribution in [3.05, 3.63) is 0 Å². The van der Waals surface area contributed by atoms with E-state index < -0.39 is 0 Å². The van der Waals surface area contributed by atoms with Crippen molar-refractivity contribution in [2.24, 2.45) is 0 Å². The first-order valence-corrected chi connectivity index (χ1v) is 26.2. The van der Waals surface area contributed by atoms with Crippen LogP contribution in [0.15, 0.2) is 0 Å². The number of hydrogen-bond acceptors (Lipinski definition) is 0. The Labute approximate surface area is 352 Å². The van der Waals surface area contributed by atoms with Crippen LogP contribution in [0, 0.1) is 0 Å². The first kappa shape index (κ1) is 55.3. The maximum absolute atomic E-state index is 2.43. The molecule has 0 fully saturated rings. The second-order valence-corrected chi connectivity index (χ2v) is 19.4. The van der Waals surface area contributed by atoms with Crippen LogP contribution in [-0.4, -0.2) is 11.3 Å². The van der Waals surface area contributed by atoms with Crippen molar-refractivity contribution in [3.8, 4) is 0 Å². The molecule has 0 saturated heterocycles. The van der Waals surface area contributed by atoms with Gasteiger partial charge in [-0.15, -0.1) is 32.6 Å². The Morgan fingerprint density at radius 1 is 0.212 bits per heavy atom. The maximum atomic E-state index is 2.43. The number of hydrogen-bond donors (Lipinski definition) is 0. The fourth-order valence-corrected chi connectivity index (χ4v) is 10.9. The summed E-state index contributed by atoms with van der Waals surface area (Å²) >= 11 is 0. The van der Waals surface area contributed by atoms with E-state index in [2.05, 4.69) is 27.7 Å². The molecule has 0 aromatic carbocycles. The van der Waals surface area contributed by atoms with E-state index in [0.717, 1.165) is 11.3 Å². The lowest BCUT2D eigenvalue weighted by Crippen LogP contribution is -2.09. The van der Waals surface area contributed by atoms with Crippen LogP contribution in [0.25, 0.3) is 0 Å². The Balaban J connectivity index is 0. The van der Waals surface area contributed by atoms with Gasteiger partial charge in [0.25, 0.3) is 0 Å². The molecular weight excluding hydrogens is 758 g/mol. The van der Waals surface area contributed by atoms with E-state index in [9.17, 15) is 0 Å². The fourth-order valence-electron chi connectivity index (χ4n) is 8.59. The van der Waals surface area contributed by atoms with Gasteiger partial charge in [-0.2, -0.15) is 0 Å². The van der Waals surface area contributed by atoms with E-state index in [0.29, 0.717) is 0 Å². The largest absolute Gasteiger partial charge is 0.116 e. The second-order valence-electron chi connectivity index (χ2n) is 17.4. The molecule has 0 aromatic rings. The number of halogens is 1. The van der Waals surface area contributed by atoms with Crippen LogP contribution < -0.4 is 0 Å². The zero-order chi connectivity index (χ0) is 37.0. The van der Waals surface area contributed by atoms with Crippen LogP contribution in [0.3, 0.4) is 0 Å². The Morgan fingerprint density at radius 2 is 0.385 bits per heavy atom. The van der Waals surface area contributed by atoms with Gasteiger partial charge in [0.15, 0.2) is 0 Å². The highest BCUT2D eigenvalue weighted by atomic mass is 127. The fraction of sp³-hybridized carbons (Fsp3) is 1.00. The number of rotatable bonds is 46. The molecular formula is C50H104IP. The molecule has 2 heteroatoms. The molecule has 0 aliphatic rings. The predicted molar refractivity (Wildman–Crippen MR) is 257 cm³/mol. The topological polar surface area (TPSA) is 0 Å². The zero-order valence-electron chi connectivity index (χ0n) is 37.2. The van der Waals surface area contributed by atoms with Gasteiger partial charge in [0, 0.05) is 0 Å². The third-order valence-corrected chi connectivity index (χ3v) is 14.2. The van der Waals surface area contributed by atoms with E-state index in [-0.39, 0.29) is 24.0 Å². The van der Waals surface area contributed by atoms with E-state index in [1.165, 1.54) is 291 Å². The van der Waals surface area contributed by atoms with Gasteiger partial charge in [-0.1, -0.05) is 285 Å². The van der Waals surface area contributed by atoms with Crippen LogP contribution >= 0.6 is 32.6 Å². The van der Waals surface area contributed by atoms with Crippen molar-refractivity contribution in [1.29, 1.82) is 0 Å². The molecule has 0 bridgehead atoms. The van der Waals surface area contributed by atoms with Gasteiger partial charge >= 0.3 is 0 Å². The minimum atomic E-state index is 0. The van der Waals surface area contributed by atoms with Crippen molar-refractivity contribution in [2.75, 3.05) is 0 Å². The highest BCUT2D eigenvalue weighted by Gasteiger charge is 2.15. The molecule has 0 aliphatic heterocycles. The highest BCUT2D eigenvalue weighted by molar-refractivity contribution is 14.0. The minimum absolute atomic E-state index is 0. The third kappa shape index (κ3) is 45.5. The summed E-state index contributed by atoms with van der Waals surface area (Å²) in [6.07, 6.45) is 65.2. The van der Waals surface area contributed by atoms with E-state index in [1.54, 1.807) is 0 Å². The highest BCUT2D eigenvalue weighted by Crippen LogP contribution is 2.37. The summed E-state index contributed by atoms with van der Waals surface area (Å²) < 4.78 is 0. The molecule has 0 N–H and O–H groups in total. The molecule has 0 rings (SSSR count).